The van der Waals surface area contributed by atoms with Gasteiger partial charge in [0, 0.05) is 28.7 Å². The van der Waals surface area contributed by atoms with E-state index in [1.54, 1.807) is 18.3 Å². The van der Waals surface area contributed by atoms with Crippen molar-refractivity contribution in [2.24, 2.45) is 0 Å². The Balaban J connectivity index is 0.000000845. The minimum Gasteiger partial charge on any atom is -0.506 e. The van der Waals surface area contributed by atoms with Crippen LogP contribution in [0.3, 0.4) is 0 Å². The van der Waals surface area contributed by atoms with Crippen molar-refractivity contribution in [2.45, 2.75) is 0 Å². The summed E-state index contributed by atoms with van der Waals surface area (Å²) in [5.41, 5.74) is 0.546. The van der Waals surface area contributed by atoms with Gasteiger partial charge in [0.2, 0.25) is 0 Å². The minimum absolute atomic E-state index is 0. The molecule has 2 nitrogen and oxygen atoms in total. The van der Waals surface area contributed by atoms with Crippen LogP contribution in [0, 0.1) is 0 Å². The van der Waals surface area contributed by atoms with Crippen LogP contribution in [0.1, 0.15) is 0 Å². The van der Waals surface area contributed by atoms with Gasteiger partial charge in [-0.25, -0.2) is 0 Å². The fraction of sp³-hybridized carbons (Fsp3) is 0. The SMILES string of the molecule is Oc1ccc(Cl)c2cccnc12.[Cu]. The fourth-order valence-electron chi connectivity index (χ4n) is 1.12. The van der Waals surface area contributed by atoms with Gasteiger partial charge in [0.05, 0.1) is 5.02 Å². The van der Waals surface area contributed by atoms with Gasteiger partial charge in [-0.05, 0) is 24.3 Å². The maximum absolute atomic E-state index is 9.37. The van der Waals surface area contributed by atoms with Gasteiger partial charge in [-0.3, -0.25) is 4.98 Å². The van der Waals surface area contributed by atoms with Crippen LogP contribution >= 0.6 is 11.6 Å². The maximum atomic E-state index is 9.37. The largest absolute Gasteiger partial charge is 0.506 e. The molecule has 0 saturated heterocycles. The molecule has 1 aromatic carbocycles. The molecule has 2 rings (SSSR count). The van der Waals surface area contributed by atoms with E-state index in [1.807, 2.05) is 6.07 Å². The van der Waals surface area contributed by atoms with Crippen LogP contribution in [-0.2, 0) is 17.1 Å². The predicted molar refractivity (Wildman–Crippen MR) is 48.4 cm³/mol. The smallest absolute Gasteiger partial charge is 0.141 e. The van der Waals surface area contributed by atoms with Crippen molar-refractivity contribution in [3.05, 3.63) is 35.5 Å². The zero-order valence-electron chi connectivity index (χ0n) is 6.46. The quantitative estimate of drug-likeness (QED) is 0.721. The monoisotopic (exact) mass is 242 g/mol. The van der Waals surface area contributed by atoms with Crippen molar-refractivity contribution in [1.29, 1.82) is 0 Å². The molecular weight excluding hydrogens is 237 g/mol. The summed E-state index contributed by atoms with van der Waals surface area (Å²) in [6, 6.07) is 6.80. The first-order valence-electron chi connectivity index (χ1n) is 3.51. The van der Waals surface area contributed by atoms with Crippen LogP contribution in [-0.4, -0.2) is 10.1 Å². The van der Waals surface area contributed by atoms with Gasteiger partial charge in [0.1, 0.15) is 11.3 Å². The summed E-state index contributed by atoms with van der Waals surface area (Å²) in [4.78, 5) is 4.01. The number of benzene rings is 1. The maximum Gasteiger partial charge on any atom is 0.141 e. The molecule has 0 aliphatic rings. The molecular formula is C9H6ClCuNO. The second-order valence-corrected chi connectivity index (χ2v) is 2.87. The second-order valence-electron chi connectivity index (χ2n) is 2.47. The summed E-state index contributed by atoms with van der Waals surface area (Å²) in [6.45, 7) is 0. The number of aromatic nitrogens is 1. The molecule has 1 heterocycles. The third-order valence-electron chi connectivity index (χ3n) is 1.70. The van der Waals surface area contributed by atoms with E-state index >= 15 is 0 Å². The number of pyridine rings is 1. The van der Waals surface area contributed by atoms with Crippen molar-refractivity contribution in [1.82, 2.24) is 4.98 Å². The van der Waals surface area contributed by atoms with Crippen LogP contribution in [0.15, 0.2) is 30.5 Å². The van der Waals surface area contributed by atoms with Crippen molar-refractivity contribution in [3.63, 3.8) is 0 Å². The Morgan fingerprint density at radius 2 is 2.00 bits per heavy atom. The van der Waals surface area contributed by atoms with E-state index in [9.17, 15) is 5.11 Å². The molecule has 1 aromatic heterocycles. The van der Waals surface area contributed by atoms with E-state index < -0.39 is 0 Å². The van der Waals surface area contributed by atoms with Gasteiger partial charge >= 0.3 is 0 Å². The molecule has 13 heavy (non-hydrogen) atoms. The number of halogens is 1. The van der Waals surface area contributed by atoms with Crippen molar-refractivity contribution in [3.8, 4) is 5.75 Å². The van der Waals surface area contributed by atoms with Gasteiger partial charge < -0.3 is 5.11 Å². The first kappa shape index (κ1) is 10.3. The van der Waals surface area contributed by atoms with Gasteiger partial charge in [0.15, 0.2) is 0 Å². The van der Waals surface area contributed by atoms with E-state index in [4.69, 9.17) is 11.6 Å². The Labute approximate surface area is 91.0 Å². The van der Waals surface area contributed by atoms with Crippen LogP contribution in [0.5, 0.6) is 5.75 Å². The first-order valence-corrected chi connectivity index (χ1v) is 3.89. The van der Waals surface area contributed by atoms with Crippen LogP contribution in [0.25, 0.3) is 10.9 Å². The van der Waals surface area contributed by atoms with E-state index in [0.717, 1.165) is 5.39 Å². The molecule has 0 amide bonds. The van der Waals surface area contributed by atoms with Crippen molar-refractivity contribution < 1.29 is 22.2 Å². The molecule has 1 N–H and O–H groups in total. The summed E-state index contributed by atoms with van der Waals surface area (Å²) in [6.07, 6.45) is 1.62. The minimum atomic E-state index is 0. The Hall–Kier alpha value is -0.761. The number of fused-ring (bicyclic) bond motifs is 1. The zero-order chi connectivity index (χ0) is 8.55. The Morgan fingerprint density at radius 3 is 2.69 bits per heavy atom. The van der Waals surface area contributed by atoms with E-state index in [2.05, 4.69) is 4.98 Å². The molecule has 0 atom stereocenters. The molecule has 0 fully saturated rings. The normalized spacial score (nSPS) is 9.62. The number of rotatable bonds is 0. The Kier molecular flexibility index (Phi) is 3.15. The number of nitrogens with zero attached hydrogens (tertiary/aromatic N) is 1. The molecule has 0 saturated carbocycles. The Bertz CT molecular complexity index is 392. The molecule has 2 aromatic rings. The average molecular weight is 243 g/mol. The molecule has 71 valence electrons. The summed E-state index contributed by atoms with van der Waals surface area (Å²) in [7, 11) is 0. The molecule has 0 aliphatic heterocycles. The van der Waals surface area contributed by atoms with E-state index in [1.165, 1.54) is 6.07 Å². The number of hydrogen-bond donors (Lipinski definition) is 1. The Morgan fingerprint density at radius 1 is 1.23 bits per heavy atom. The fourth-order valence-corrected chi connectivity index (χ4v) is 1.34. The summed E-state index contributed by atoms with van der Waals surface area (Å²) >= 11 is 5.88. The van der Waals surface area contributed by atoms with Gasteiger partial charge in [-0.15, -0.1) is 0 Å². The summed E-state index contributed by atoms with van der Waals surface area (Å²) in [5, 5.41) is 10.8. The van der Waals surface area contributed by atoms with Crippen LogP contribution in [0.2, 0.25) is 5.02 Å². The second kappa shape index (κ2) is 3.97. The standard InChI is InChI=1S/C9H6ClNO.Cu/c10-7-3-4-8(12)9-6(7)2-1-5-11-9;/h1-5,12H;. The van der Waals surface area contributed by atoms with Gasteiger partial charge in [-0.1, -0.05) is 11.6 Å². The van der Waals surface area contributed by atoms with Crippen molar-refractivity contribution >= 4 is 22.5 Å². The number of aromatic hydroxyl groups is 1. The van der Waals surface area contributed by atoms with E-state index in [0.29, 0.717) is 10.5 Å². The van der Waals surface area contributed by atoms with Crippen LogP contribution < -0.4 is 0 Å². The number of phenolic OH excluding ortho intramolecular Hbond substituents is 1. The molecule has 4 heteroatoms. The third kappa shape index (κ3) is 1.78. The molecule has 0 bridgehead atoms. The topological polar surface area (TPSA) is 33.1 Å². The first-order chi connectivity index (χ1) is 5.79. The van der Waals surface area contributed by atoms with E-state index in [-0.39, 0.29) is 22.8 Å². The van der Waals surface area contributed by atoms with Gasteiger partial charge in [0.25, 0.3) is 0 Å². The number of hydrogen-bond acceptors (Lipinski definition) is 2. The molecule has 1 radical (unpaired) electrons. The summed E-state index contributed by atoms with van der Waals surface area (Å²) < 4.78 is 0. The predicted octanol–water partition coefficient (Wildman–Crippen LogP) is 2.59. The molecule has 0 unspecified atom stereocenters. The molecule has 0 aliphatic carbocycles. The van der Waals surface area contributed by atoms with Crippen LogP contribution in [0.4, 0.5) is 0 Å². The zero-order valence-corrected chi connectivity index (χ0v) is 8.16. The average Bonchev–Trinajstić information content (AvgIpc) is 2.12. The summed E-state index contributed by atoms with van der Waals surface area (Å²) in [5.74, 6) is 0.162. The molecule has 0 spiro atoms. The van der Waals surface area contributed by atoms with Crippen molar-refractivity contribution in [2.75, 3.05) is 0 Å². The van der Waals surface area contributed by atoms with Gasteiger partial charge in [-0.2, -0.15) is 0 Å². The number of phenols is 1. The third-order valence-corrected chi connectivity index (χ3v) is 2.02.